The van der Waals surface area contributed by atoms with Crippen LogP contribution < -0.4 is 9.47 Å². The van der Waals surface area contributed by atoms with Crippen LogP contribution in [-0.2, 0) is 32.4 Å². The predicted octanol–water partition coefficient (Wildman–Crippen LogP) is 9.50. The van der Waals surface area contributed by atoms with E-state index in [1.165, 1.54) is 13.2 Å². The van der Waals surface area contributed by atoms with Gasteiger partial charge in [-0.2, -0.15) is 0 Å². The lowest BCUT2D eigenvalue weighted by Crippen LogP contribution is -2.21. The smallest absolute Gasteiger partial charge is 0.330 e. The maximum Gasteiger partial charge on any atom is 0.330 e. The maximum absolute atomic E-state index is 11.3. The highest BCUT2D eigenvalue weighted by atomic mass is 35.5. The number of halogens is 2. The number of carbonyl (C=O) groups excluding carboxylic acids is 2. The fourth-order valence-electron chi connectivity index (χ4n) is 7.07. The van der Waals surface area contributed by atoms with Gasteiger partial charge in [-0.3, -0.25) is 0 Å². The van der Waals surface area contributed by atoms with E-state index in [1.54, 1.807) is 24.3 Å². The van der Waals surface area contributed by atoms with Crippen molar-refractivity contribution in [2.75, 3.05) is 20.3 Å². The van der Waals surface area contributed by atoms with Crippen LogP contribution in [0.4, 0.5) is 0 Å². The zero-order valence-corrected chi connectivity index (χ0v) is 37.0. The number of ether oxygens (including phenoxy) is 3. The lowest BCUT2D eigenvalue weighted by molar-refractivity contribution is -0.134. The fraction of sp³-hybridized carbons (Fsp3) is 0.487. The molecule has 9 nitrogen and oxygen atoms in total. The Balaban J connectivity index is 0.000000294. The number of methoxy groups -OCH3 is 1. The Labute approximate surface area is 340 Å². The van der Waals surface area contributed by atoms with Gasteiger partial charge in [0.1, 0.15) is 43.2 Å². The van der Waals surface area contributed by atoms with Crippen LogP contribution in [0.1, 0.15) is 39.5 Å². The van der Waals surface area contributed by atoms with Gasteiger partial charge in [-0.25, -0.2) is 4.79 Å². The topological polar surface area (TPSA) is 98.8 Å². The molecule has 0 radical (unpaired) electrons. The van der Waals surface area contributed by atoms with Crippen molar-refractivity contribution < 1.29 is 41.9 Å². The Bertz CT molecular complexity index is 1520. The van der Waals surface area contributed by atoms with Gasteiger partial charge in [-0.1, -0.05) is 79.6 Å². The van der Waals surface area contributed by atoms with E-state index in [2.05, 4.69) is 68.6 Å². The Morgan fingerprint density at radius 2 is 1.24 bits per heavy atom. The Morgan fingerprint density at radius 3 is 1.63 bits per heavy atom. The van der Waals surface area contributed by atoms with Crippen LogP contribution in [0.15, 0.2) is 85.0 Å². The highest BCUT2D eigenvalue weighted by Gasteiger charge is 2.40. The fourth-order valence-corrected chi connectivity index (χ4v) is 8.35. The number of esters is 1. The first-order valence-electron chi connectivity index (χ1n) is 17.8. The van der Waals surface area contributed by atoms with Crippen LogP contribution >= 0.6 is 61.1 Å². The number of benzene rings is 2. The Morgan fingerprint density at radius 1 is 0.778 bits per heavy atom. The van der Waals surface area contributed by atoms with Crippen LogP contribution in [0.5, 0.6) is 11.5 Å². The van der Waals surface area contributed by atoms with E-state index in [0.29, 0.717) is 64.9 Å². The summed E-state index contributed by atoms with van der Waals surface area (Å²) in [6.07, 6.45) is 15.6. The molecule has 2 aromatic carbocycles. The third-order valence-corrected chi connectivity index (χ3v) is 11.8. The molecule has 8 unspecified atom stereocenters. The zero-order chi connectivity index (χ0) is 39.5. The van der Waals surface area contributed by atoms with Gasteiger partial charge >= 0.3 is 5.97 Å². The van der Waals surface area contributed by atoms with E-state index in [0.717, 1.165) is 25.5 Å². The maximum atomic E-state index is 11.3. The third kappa shape index (κ3) is 15.5. The quantitative estimate of drug-likeness (QED) is 0.0450. The van der Waals surface area contributed by atoms with Crippen molar-refractivity contribution in [2.24, 2.45) is 35.5 Å². The first kappa shape index (κ1) is 46.9. The standard InChI is InChI=1S/C21H29ClO5P2.C18H25ClO4P2/c1-14-11-20(27-29)19(18(14)7-4-8-21(23)24-2)10-9-17(26-28)13-25-16-6-3-5-15(22)12-16;1-12-9-18(23-25)17(16(12)7-8-20)6-5-15(22-24)11-21-14-4-2-3-13(19)10-14/h3-6,8-10,12,14,17-20H,7,11,13,28-29H2,1-2H3;2-6,8,10,12,15-18H,7,9,11,24-25H2,1H3/b8-4-,10-9+;6-5+/t14-,17?,18-,19+,20?;12-,15?,16-,17+,18?/m00/s1. The third-order valence-electron chi connectivity index (χ3n) is 9.96. The summed E-state index contributed by atoms with van der Waals surface area (Å²) in [6.45, 7) is 5.12. The molecular weight excluding hydrogens is 807 g/mol. The average Bonchev–Trinajstić information content (AvgIpc) is 3.65. The van der Waals surface area contributed by atoms with Gasteiger partial charge in [0.25, 0.3) is 0 Å². The number of hydrogen-bond donors (Lipinski definition) is 0. The molecule has 2 fully saturated rings. The highest BCUT2D eigenvalue weighted by molar-refractivity contribution is 7.10. The van der Waals surface area contributed by atoms with Gasteiger partial charge < -0.3 is 37.1 Å². The van der Waals surface area contributed by atoms with E-state index < -0.39 is 0 Å². The lowest BCUT2D eigenvalue weighted by atomic mass is 9.86. The summed E-state index contributed by atoms with van der Waals surface area (Å²) in [5.74, 6) is 3.02. The number of carbonyl (C=O) groups is 2. The molecule has 0 N–H and O–H groups in total. The molecule has 15 heteroatoms. The predicted molar refractivity (Wildman–Crippen MR) is 228 cm³/mol. The van der Waals surface area contributed by atoms with Crippen molar-refractivity contribution in [2.45, 2.75) is 63.9 Å². The summed E-state index contributed by atoms with van der Waals surface area (Å²) < 4.78 is 38.2. The van der Waals surface area contributed by atoms with E-state index in [9.17, 15) is 9.59 Å². The largest absolute Gasteiger partial charge is 0.490 e. The second-order valence-electron chi connectivity index (χ2n) is 13.5. The van der Waals surface area contributed by atoms with Crippen molar-refractivity contribution in [3.05, 3.63) is 95.0 Å². The molecule has 0 bridgehead atoms. The number of aldehydes is 1. The van der Waals surface area contributed by atoms with Crippen LogP contribution in [-0.4, -0.2) is 57.0 Å². The Kier molecular flexibility index (Phi) is 22.3. The van der Waals surface area contributed by atoms with Crippen molar-refractivity contribution in [1.82, 2.24) is 0 Å². The lowest BCUT2D eigenvalue weighted by Gasteiger charge is -2.22. The van der Waals surface area contributed by atoms with Crippen LogP contribution in [0.3, 0.4) is 0 Å². The minimum Gasteiger partial charge on any atom is -0.490 e. The van der Waals surface area contributed by atoms with E-state index >= 15 is 0 Å². The van der Waals surface area contributed by atoms with Crippen LogP contribution in [0.2, 0.25) is 10.0 Å². The molecule has 4 rings (SSSR count). The highest BCUT2D eigenvalue weighted by Crippen LogP contribution is 2.43. The minimum atomic E-state index is -0.337. The SMILES string of the molecule is COC(=O)/C=C\C[C@H]1[C@@H](C)CC(OP)[C@@H]1/C=C/C(COc1cccc(Cl)c1)OP.C[C@H]1CC(OP)[C@H](/C=C/C(COc2cccc(Cl)c2)OP)[C@H]1CC=O. The molecule has 2 aliphatic carbocycles. The van der Waals surface area contributed by atoms with Gasteiger partial charge in [-0.05, 0) is 79.3 Å². The zero-order valence-electron chi connectivity index (χ0n) is 30.9. The van der Waals surface area contributed by atoms with Crippen molar-refractivity contribution in [3.8, 4) is 11.5 Å². The van der Waals surface area contributed by atoms with E-state index in [-0.39, 0.29) is 42.2 Å². The van der Waals surface area contributed by atoms with Crippen LogP contribution in [0, 0.1) is 35.5 Å². The molecule has 0 spiro atoms. The second-order valence-corrected chi connectivity index (χ2v) is 15.4. The molecule has 0 amide bonds. The first-order chi connectivity index (χ1) is 26.1. The van der Waals surface area contributed by atoms with E-state index in [1.807, 2.05) is 42.5 Å². The van der Waals surface area contributed by atoms with Gasteiger partial charge in [-0.15, -0.1) is 0 Å². The molecule has 0 aromatic heterocycles. The normalized spacial score (nSPS) is 26.5. The minimum absolute atomic E-state index is 0.0974. The molecule has 2 aliphatic rings. The van der Waals surface area contributed by atoms with Gasteiger partial charge in [0, 0.05) is 72.2 Å². The summed E-state index contributed by atoms with van der Waals surface area (Å²) in [5, 5.41) is 1.26. The Hall–Kier alpha value is -1.46. The molecule has 298 valence electrons. The molecule has 0 heterocycles. The number of rotatable bonds is 19. The first-order valence-corrected chi connectivity index (χ1v) is 20.4. The van der Waals surface area contributed by atoms with Crippen molar-refractivity contribution in [1.29, 1.82) is 0 Å². The van der Waals surface area contributed by atoms with Crippen LogP contribution in [0.25, 0.3) is 0 Å². The van der Waals surface area contributed by atoms with Gasteiger partial charge in [0.15, 0.2) is 0 Å². The summed E-state index contributed by atoms with van der Waals surface area (Å²) in [5.41, 5.74) is 0. The second kappa shape index (κ2) is 25.7. The average molecular weight is 862 g/mol. The molecule has 2 aromatic rings. The molecule has 54 heavy (non-hydrogen) atoms. The van der Waals surface area contributed by atoms with E-state index in [4.69, 9.17) is 50.8 Å². The summed E-state index contributed by atoms with van der Waals surface area (Å²) in [6, 6.07) is 14.5. The molecular formula is C39H54Cl2O9P4. The van der Waals surface area contributed by atoms with Crippen molar-refractivity contribution >= 4 is 73.3 Å². The summed E-state index contributed by atoms with van der Waals surface area (Å²) in [7, 11) is 10.7. The monoisotopic (exact) mass is 860 g/mol. The van der Waals surface area contributed by atoms with Gasteiger partial charge in [0.05, 0.1) is 19.3 Å². The molecule has 0 saturated heterocycles. The summed E-state index contributed by atoms with van der Waals surface area (Å²) in [4.78, 5) is 22.3. The van der Waals surface area contributed by atoms with Gasteiger partial charge in [0.2, 0.25) is 0 Å². The molecule has 0 aliphatic heterocycles. The summed E-state index contributed by atoms with van der Waals surface area (Å²) >= 11 is 12.0. The number of hydrogen-bond acceptors (Lipinski definition) is 9. The van der Waals surface area contributed by atoms with Crippen molar-refractivity contribution in [3.63, 3.8) is 0 Å². The molecule has 2 saturated carbocycles. The number of allylic oxidation sites excluding steroid dienone is 1. The molecule has 14 atom stereocenters.